The summed E-state index contributed by atoms with van der Waals surface area (Å²) in [5.41, 5.74) is 2.20. The van der Waals surface area contributed by atoms with Crippen LogP contribution in [0.2, 0.25) is 0 Å². The van der Waals surface area contributed by atoms with E-state index in [0.29, 0.717) is 12.9 Å². The molecule has 2 aromatic rings. The van der Waals surface area contributed by atoms with Gasteiger partial charge in [-0.3, -0.25) is 4.55 Å². The fourth-order valence-corrected chi connectivity index (χ4v) is 1.76. The van der Waals surface area contributed by atoms with Crippen LogP contribution in [0.3, 0.4) is 0 Å². The molecule has 0 heterocycles. The summed E-state index contributed by atoms with van der Waals surface area (Å²) in [6, 6.07) is 16.0. The van der Waals surface area contributed by atoms with Crippen LogP contribution >= 0.6 is 0 Å². The first-order valence-corrected chi connectivity index (χ1v) is 9.48. The normalized spacial score (nSPS) is 9.00. The van der Waals surface area contributed by atoms with Gasteiger partial charge in [0, 0.05) is 5.56 Å². The third kappa shape index (κ3) is 12.3. The zero-order valence-electron chi connectivity index (χ0n) is 14.8. The first-order valence-electron chi connectivity index (χ1n) is 7.64. The Balaban J connectivity index is -0.000000513. The summed E-state index contributed by atoms with van der Waals surface area (Å²) in [7, 11) is -2.00. The van der Waals surface area contributed by atoms with Gasteiger partial charge in [0.2, 0.25) is 0 Å². The molecule has 5 nitrogen and oxygen atoms in total. The predicted molar refractivity (Wildman–Crippen MR) is 112 cm³/mol. The maximum atomic E-state index is 9.19. The molecule has 0 radical (unpaired) electrons. The number of hydrogen-bond acceptors (Lipinski definition) is 4. The van der Waals surface area contributed by atoms with Crippen LogP contribution in [0.5, 0.6) is 11.5 Å². The maximum Gasteiger partial charge on any atom is 0.261 e. The molecule has 0 saturated heterocycles. The van der Waals surface area contributed by atoms with E-state index in [9.17, 15) is 8.42 Å². The van der Waals surface area contributed by atoms with Gasteiger partial charge in [-0.25, -0.2) is 0 Å². The molecular weight excluding hydrogens is 352 g/mol. The molecule has 0 fully saturated rings. The van der Waals surface area contributed by atoms with E-state index in [4.69, 9.17) is 14.0 Å². The van der Waals surface area contributed by atoms with Crippen molar-refractivity contribution < 1.29 is 22.4 Å². The molecule has 1 N–H and O–H groups in total. The highest BCUT2D eigenvalue weighted by Gasteiger charge is 2.07. The first-order chi connectivity index (χ1) is 11.3. The fourth-order valence-electron chi connectivity index (χ4n) is 1.76. The Labute approximate surface area is 159 Å². The van der Waals surface area contributed by atoms with Gasteiger partial charge in [-0.05, 0) is 30.7 Å². The minimum Gasteiger partial charge on any atom is -0.497 e. The summed E-state index contributed by atoms with van der Waals surface area (Å²) in [5.74, 6) is 1.73. The van der Waals surface area contributed by atoms with Gasteiger partial charge in [-0.15, -0.1) is 0 Å². The predicted octanol–water partition coefficient (Wildman–Crippen LogP) is 5.56. The van der Waals surface area contributed by atoms with Crippen molar-refractivity contribution in [1.82, 2.24) is 0 Å². The smallest absolute Gasteiger partial charge is 0.261 e. The van der Waals surface area contributed by atoms with Crippen molar-refractivity contribution in [3.8, 4) is 22.6 Å². The molecule has 0 saturated carbocycles. The summed E-state index contributed by atoms with van der Waals surface area (Å²) >= 11 is 0. The van der Waals surface area contributed by atoms with Gasteiger partial charge in [0.1, 0.15) is 11.5 Å². The number of rotatable bonds is 4. The zero-order chi connectivity index (χ0) is 18.6. The highest BCUT2D eigenvalue weighted by molar-refractivity contribution is 7.85. The number of benzene rings is 2. The second-order valence-electron chi connectivity index (χ2n) is 4.39. The number of hydrogen-bond donors (Lipinski definition) is 1. The van der Waals surface area contributed by atoms with Gasteiger partial charge in [0.25, 0.3) is 10.1 Å². The Morgan fingerprint density at radius 3 is 1.92 bits per heavy atom. The molecule has 0 unspecified atom stereocenters. The fraction of sp³-hybridized carbons (Fsp3) is 0.400. The van der Waals surface area contributed by atoms with E-state index in [1.165, 1.54) is 0 Å². The molecule has 150 valence electrons. The molecule has 2 aromatic carbocycles. The highest BCUT2D eigenvalue weighted by atomic mass is 32.2. The van der Waals surface area contributed by atoms with E-state index in [2.05, 4.69) is 12.1 Å². The third-order valence-corrected chi connectivity index (χ3v) is 2.57. The van der Waals surface area contributed by atoms with Crippen molar-refractivity contribution in [3.63, 3.8) is 0 Å². The Hall–Kier alpha value is -2.05. The minimum absolute atomic E-state index is 0. The van der Waals surface area contributed by atoms with E-state index < -0.39 is 10.1 Å². The van der Waals surface area contributed by atoms with Crippen molar-refractivity contribution in [1.29, 1.82) is 0 Å². The molecule has 0 atom stereocenters. The average Bonchev–Trinajstić information content (AvgIpc) is 2.57. The van der Waals surface area contributed by atoms with Crippen LogP contribution in [0.15, 0.2) is 48.5 Å². The van der Waals surface area contributed by atoms with Crippen LogP contribution in [0.1, 0.15) is 35.6 Å². The quantitative estimate of drug-likeness (QED) is 0.696. The molecule has 0 amide bonds. The van der Waals surface area contributed by atoms with Gasteiger partial charge in [-0.1, -0.05) is 59.0 Å². The van der Waals surface area contributed by atoms with Crippen LogP contribution in [0, 0.1) is 0 Å². The topological polar surface area (TPSA) is 72.8 Å². The molecule has 0 aromatic heterocycles. The van der Waals surface area contributed by atoms with E-state index in [-0.39, 0.29) is 14.9 Å². The van der Waals surface area contributed by atoms with Crippen molar-refractivity contribution in [2.24, 2.45) is 0 Å². The Bertz CT molecular complexity index is 675. The van der Waals surface area contributed by atoms with E-state index in [1.807, 2.05) is 57.2 Å². The second-order valence-corrected chi connectivity index (χ2v) is 5.86. The largest absolute Gasteiger partial charge is 0.497 e. The Kier molecular flexibility index (Phi) is 16.8. The summed E-state index contributed by atoms with van der Waals surface area (Å²) in [4.78, 5) is 0. The van der Waals surface area contributed by atoms with Crippen molar-refractivity contribution in [2.45, 2.75) is 35.6 Å². The van der Waals surface area contributed by atoms with Crippen LogP contribution in [-0.2, 0) is 10.1 Å². The van der Waals surface area contributed by atoms with Gasteiger partial charge in [0.15, 0.2) is 0 Å². The maximum absolute atomic E-state index is 9.19. The minimum atomic E-state index is -3.67. The highest BCUT2D eigenvalue weighted by Crippen LogP contribution is 2.33. The van der Waals surface area contributed by atoms with Crippen LogP contribution in [0.4, 0.5) is 0 Å². The van der Waals surface area contributed by atoms with Crippen molar-refractivity contribution >= 4 is 10.1 Å². The van der Waals surface area contributed by atoms with Crippen molar-refractivity contribution in [3.05, 3.63) is 48.5 Å². The molecule has 0 spiro atoms. The standard InChI is InChI=1S/C15H16O2.C2H6.CH4O3S.2CH4/c1-3-17-15-10-9-13(16-2)11-14(15)12-7-5-4-6-8-12;1-2;1-5(2,3)4;;/h4-11H,3H2,1-2H3;1-2H3;1H3,(H,2,3,4);2*1H4. The molecule has 0 aliphatic carbocycles. The summed E-state index contributed by atoms with van der Waals surface area (Å²) in [5, 5.41) is 0. The third-order valence-electron chi connectivity index (χ3n) is 2.57. The zero-order valence-corrected chi connectivity index (χ0v) is 15.6. The lowest BCUT2D eigenvalue weighted by Crippen LogP contribution is -1.94. The average molecular weight is 387 g/mol. The molecule has 0 aliphatic rings. The lowest BCUT2D eigenvalue weighted by molar-refractivity contribution is 0.340. The first kappa shape index (κ1) is 28.7. The molecule has 0 aliphatic heterocycles. The molecule has 6 heteroatoms. The van der Waals surface area contributed by atoms with Crippen LogP contribution in [-0.4, -0.2) is 32.9 Å². The number of ether oxygens (including phenoxy) is 2. The van der Waals surface area contributed by atoms with Gasteiger partial charge < -0.3 is 9.47 Å². The molecule has 0 bridgehead atoms. The van der Waals surface area contributed by atoms with E-state index >= 15 is 0 Å². The Morgan fingerprint density at radius 2 is 1.50 bits per heavy atom. The summed E-state index contributed by atoms with van der Waals surface area (Å²) in [6.45, 7) is 6.64. The monoisotopic (exact) mass is 386 g/mol. The lowest BCUT2D eigenvalue weighted by atomic mass is 10.0. The van der Waals surface area contributed by atoms with E-state index in [0.717, 1.165) is 22.6 Å². The van der Waals surface area contributed by atoms with Gasteiger partial charge in [-0.2, -0.15) is 8.42 Å². The molecule has 26 heavy (non-hydrogen) atoms. The van der Waals surface area contributed by atoms with Crippen LogP contribution in [0.25, 0.3) is 11.1 Å². The summed E-state index contributed by atoms with van der Waals surface area (Å²) in [6.07, 6.45) is 0.715. The van der Waals surface area contributed by atoms with Crippen molar-refractivity contribution in [2.75, 3.05) is 20.0 Å². The lowest BCUT2D eigenvalue weighted by Gasteiger charge is -2.11. The Morgan fingerprint density at radius 1 is 1.00 bits per heavy atom. The van der Waals surface area contributed by atoms with Gasteiger partial charge in [0.05, 0.1) is 20.0 Å². The second kappa shape index (κ2) is 15.2. The van der Waals surface area contributed by atoms with E-state index in [1.54, 1.807) is 7.11 Å². The van der Waals surface area contributed by atoms with Gasteiger partial charge >= 0.3 is 0 Å². The summed E-state index contributed by atoms with van der Waals surface area (Å²) < 4.78 is 36.8. The SMILES string of the molecule is C.C.CC.CCOc1ccc(OC)cc1-c1ccccc1.CS(=O)(=O)O. The number of methoxy groups -OCH3 is 1. The molecule has 2 rings (SSSR count). The van der Waals surface area contributed by atoms with Crippen LogP contribution < -0.4 is 9.47 Å². The molecular formula is C20H34O5S.